The topological polar surface area (TPSA) is 91.2 Å². The van der Waals surface area contributed by atoms with E-state index in [1.165, 1.54) is 17.7 Å². The first-order chi connectivity index (χ1) is 19.8. The highest BCUT2D eigenvalue weighted by atomic mass is 32.1. The molecule has 0 unspecified atom stereocenters. The number of non-ortho nitro benzene ring substituents is 1. The molecular formula is C31H41N5O4S. The fourth-order valence-corrected chi connectivity index (χ4v) is 6.41. The Morgan fingerprint density at radius 2 is 1.83 bits per heavy atom. The van der Waals surface area contributed by atoms with Crippen molar-refractivity contribution in [3.05, 3.63) is 88.5 Å². The summed E-state index contributed by atoms with van der Waals surface area (Å²) in [4.78, 5) is 30.0. The Kier molecular flexibility index (Phi) is 10.7. The fraction of sp³-hybridized carbons (Fsp3) is 0.484. The van der Waals surface area contributed by atoms with Gasteiger partial charge in [0.25, 0.3) is 5.69 Å². The number of nitro groups is 1. The molecule has 2 aliphatic rings. The van der Waals surface area contributed by atoms with Crippen LogP contribution in [0.1, 0.15) is 42.7 Å². The highest BCUT2D eigenvalue weighted by Gasteiger charge is 2.39. The lowest BCUT2D eigenvalue weighted by molar-refractivity contribution is -0.384. The van der Waals surface area contributed by atoms with E-state index in [1.807, 2.05) is 7.05 Å². The first-order valence-electron chi connectivity index (χ1n) is 14.3. The third kappa shape index (κ3) is 7.83. The molecule has 41 heavy (non-hydrogen) atoms. The Hall–Kier alpha value is -3.50. The molecule has 0 bridgehead atoms. The minimum absolute atomic E-state index is 0.0109. The Labute approximate surface area is 248 Å². The number of hydrogen-bond acceptors (Lipinski definition) is 6. The number of nitrogens with one attached hydrogen (secondary N) is 1. The van der Waals surface area contributed by atoms with Crippen LogP contribution in [0.25, 0.3) is 0 Å². The van der Waals surface area contributed by atoms with Crippen LogP contribution in [0.4, 0.5) is 10.5 Å². The lowest BCUT2D eigenvalue weighted by atomic mass is 9.88. The van der Waals surface area contributed by atoms with Crippen LogP contribution < -0.4 is 5.32 Å². The summed E-state index contributed by atoms with van der Waals surface area (Å²) < 4.78 is 5.59. The summed E-state index contributed by atoms with van der Waals surface area (Å²) in [5.41, 5.74) is 2.12. The first-order valence-corrected chi connectivity index (χ1v) is 14.7. The molecule has 2 aromatic carbocycles. The van der Waals surface area contributed by atoms with E-state index in [1.54, 1.807) is 23.1 Å². The zero-order valence-electron chi connectivity index (χ0n) is 24.0. The van der Waals surface area contributed by atoms with Crippen LogP contribution in [0.15, 0.2) is 67.3 Å². The SMILES string of the molecule is C=CCN(C(=O)OCc1ccc([N+](=O)[O-])cc1)C1CCN(C[C@H]2C[C@H](N(C)C(=S)NC)C[C@@H]2c2ccccc2)CC1. The van der Waals surface area contributed by atoms with Crippen molar-refractivity contribution in [2.24, 2.45) is 5.92 Å². The number of hydrogen-bond donors (Lipinski definition) is 1. The van der Waals surface area contributed by atoms with Crippen molar-refractivity contribution < 1.29 is 14.5 Å². The van der Waals surface area contributed by atoms with Gasteiger partial charge >= 0.3 is 6.09 Å². The smallest absolute Gasteiger partial charge is 0.410 e. The maximum atomic E-state index is 13.0. The summed E-state index contributed by atoms with van der Waals surface area (Å²) in [5, 5.41) is 14.8. The quantitative estimate of drug-likeness (QED) is 0.178. The number of ether oxygens (including phenoxy) is 1. The molecule has 10 heteroatoms. The maximum absolute atomic E-state index is 13.0. The Morgan fingerprint density at radius 3 is 2.44 bits per heavy atom. The maximum Gasteiger partial charge on any atom is 0.410 e. The van der Waals surface area contributed by atoms with E-state index < -0.39 is 4.92 Å². The molecule has 0 radical (unpaired) electrons. The zero-order valence-corrected chi connectivity index (χ0v) is 24.8. The molecule has 1 aliphatic carbocycles. The van der Waals surface area contributed by atoms with Gasteiger partial charge in [-0.15, -0.1) is 6.58 Å². The third-order valence-electron chi connectivity index (χ3n) is 8.54. The number of likely N-dealkylation sites (tertiary alicyclic amines) is 1. The number of piperidine rings is 1. The Balaban J connectivity index is 1.33. The predicted molar refractivity (Wildman–Crippen MR) is 165 cm³/mol. The molecule has 3 atom stereocenters. The van der Waals surface area contributed by atoms with Crippen LogP contribution in [0, 0.1) is 16.0 Å². The summed E-state index contributed by atoms with van der Waals surface area (Å²) in [6.07, 6.45) is 5.27. The minimum atomic E-state index is -0.446. The monoisotopic (exact) mass is 579 g/mol. The van der Waals surface area contributed by atoms with E-state index in [4.69, 9.17) is 17.0 Å². The molecular weight excluding hydrogens is 538 g/mol. The number of nitrogens with zero attached hydrogens (tertiary/aromatic N) is 4. The van der Waals surface area contributed by atoms with Crippen molar-refractivity contribution in [3.8, 4) is 0 Å². The van der Waals surface area contributed by atoms with Crippen LogP contribution >= 0.6 is 12.2 Å². The molecule has 1 N–H and O–H groups in total. The number of carbonyl (C=O) groups is 1. The van der Waals surface area contributed by atoms with Gasteiger partial charge < -0.3 is 24.8 Å². The number of rotatable bonds is 10. The van der Waals surface area contributed by atoms with E-state index in [9.17, 15) is 14.9 Å². The number of carbonyl (C=O) groups excluding carboxylic acids is 1. The van der Waals surface area contributed by atoms with E-state index in [2.05, 4.69) is 59.1 Å². The zero-order chi connectivity index (χ0) is 29.4. The summed E-state index contributed by atoms with van der Waals surface area (Å²) in [6, 6.07) is 17.4. The van der Waals surface area contributed by atoms with E-state index in [-0.39, 0.29) is 24.4 Å². The van der Waals surface area contributed by atoms with E-state index >= 15 is 0 Å². The number of amides is 1. The van der Waals surface area contributed by atoms with Crippen molar-refractivity contribution in [2.75, 3.05) is 40.3 Å². The second kappa shape index (κ2) is 14.4. The van der Waals surface area contributed by atoms with Crippen molar-refractivity contribution in [2.45, 2.75) is 50.3 Å². The molecule has 220 valence electrons. The Morgan fingerprint density at radius 1 is 1.15 bits per heavy atom. The first kappa shape index (κ1) is 30.5. The summed E-state index contributed by atoms with van der Waals surface area (Å²) in [6.45, 7) is 7.19. The largest absolute Gasteiger partial charge is 0.445 e. The van der Waals surface area contributed by atoms with Crippen molar-refractivity contribution in [1.82, 2.24) is 20.0 Å². The van der Waals surface area contributed by atoms with Gasteiger partial charge in [0.05, 0.1) is 4.92 Å². The average Bonchev–Trinajstić information content (AvgIpc) is 3.42. The van der Waals surface area contributed by atoms with Crippen LogP contribution in [-0.2, 0) is 11.3 Å². The molecule has 0 spiro atoms. The fourth-order valence-electron chi connectivity index (χ4n) is 6.26. The molecule has 0 aromatic heterocycles. The van der Waals surface area contributed by atoms with Gasteiger partial charge in [-0.25, -0.2) is 4.79 Å². The van der Waals surface area contributed by atoms with Gasteiger partial charge in [-0.1, -0.05) is 36.4 Å². The molecule has 1 amide bonds. The number of thiocarbonyl (C=S) groups is 1. The minimum Gasteiger partial charge on any atom is -0.445 e. The summed E-state index contributed by atoms with van der Waals surface area (Å²) in [7, 11) is 3.97. The molecule has 2 aromatic rings. The number of nitro benzene ring substituents is 1. The highest BCUT2D eigenvalue weighted by Crippen LogP contribution is 2.42. The summed E-state index contributed by atoms with van der Waals surface area (Å²) in [5.74, 6) is 1.00. The molecule has 1 saturated carbocycles. The summed E-state index contributed by atoms with van der Waals surface area (Å²) >= 11 is 5.54. The second-order valence-electron chi connectivity index (χ2n) is 11.0. The molecule has 9 nitrogen and oxygen atoms in total. The van der Waals surface area contributed by atoms with Crippen molar-refractivity contribution >= 4 is 29.1 Å². The second-order valence-corrected chi connectivity index (χ2v) is 11.4. The Bertz CT molecular complexity index is 1190. The third-order valence-corrected chi connectivity index (χ3v) is 9.03. The van der Waals surface area contributed by atoms with Crippen molar-refractivity contribution in [3.63, 3.8) is 0 Å². The lowest BCUT2D eigenvalue weighted by Crippen LogP contribution is -2.48. The molecule has 1 heterocycles. The van der Waals surface area contributed by atoms with Gasteiger partial charge in [0.2, 0.25) is 0 Å². The number of benzene rings is 2. The predicted octanol–water partition coefficient (Wildman–Crippen LogP) is 5.18. The standard InChI is InChI=1S/C31H41N5O4S/c1-4-16-35(31(37)40-22-23-10-12-27(13-11-23)36(38)39)26-14-17-34(18-15-26)21-25-19-28(33(3)30(41)32-2)20-29(25)24-8-6-5-7-9-24/h4-13,25-26,28-29H,1,14-22H2,2-3H3,(H,32,41)/t25-,28+,29-/m1/s1. The molecule has 1 saturated heterocycles. The van der Waals surface area contributed by atoms with Gasteiger partial charge in [-0.2, -0.15) is 0 Å². The van der Waals surface area contributed by atoms with Gasteiger partial charge in [0.15, 0.2) is 5.11 Å². The van der Waals surface area contributed by atoms with Gasteiger partial charge in [0, 0.05) is 64.5 Å². The van der Waals surface area contributed by atoms with E-state index in [0.717, 1.165) is 50.4 Å². The molecule has 4 rings (SSSR count). The van der Waals surface area contributed by atoms with E-state index in [0.29, 0.717) is 30.0 Å². The van der Waals surface area contributed by atoms with Crippen LogP contribution in [0.2, 0.25) is 0 Å². The lowest BCUT2D eigenvalue weighted by Gasteiger charge is -2.39. The van der Waals surface area contributed by atoms with Crippen LogP contribution in [0.3, 0.4) is 0 Å². The van der Waals surface area contributed by atoms with Crippen LogP contribution in [0.5, 0.6) is 0 Å². The van der Waals surface area contributed by atoms with Gasteiger partial charge in [-0.3, -0.25) is 10.1 Å². The average molecular weight is 580 g/mol. The van der Waals surface area contributed by atoms with Gasteiger partial charge in [0.1, 0.15) is 6.61 Å². The normalized spacial score (nSPS) is 21.2. The van der Waals surface area contributed by atoms with Crippen LogP contribution in [-0.4, -0.2) is 83.2 Å². The molecule has 2 fully saturated rings. The van der Waals surface area contributed by atoms with Gasteiger partial charge in [-0.05, 0) is 73.0 Å². The molecule has 1 aliphatic heterocycles. The highest BCUT2D eigenvalue weighted by molar-refractivity contribution is 7.80. The van der Waals surface area contributed by atoms with Crippen molar-refractivity contribution in [1.29, 1.82) is 0 Å².